The number of unbranched alkanes of at least 4 members (excludes halogenated alkanes) is 6. The number of hydrogen-bond acceptors (Lipinski definition) is 4. The molecule has 23 heavy (non-hydrogen) atoms. The lowest BCUT2D eigenvalue weighted by atomic mass is 10.1. The second-order valence-corrected chi connectivity index (χ2v) is 6.42. The van der Waals surface area contributed by atoms with Gasteiger partial charge >= 0.3 is 11.9 Å². The molecule has 0 aliphatic rings. The first-order chi connectivity index (χ1) is 11.1. The van der Waals surface area contributed by atoms with Crippen molar-refractivity contribution in [2.24, 2.45) is 5.92 Å². The monoisotopic (exact) mass is 328 g/mol. The van der Waals surface area contributed by atoms with Gasteiger partial charge in [-0.25, -0.2) is 0 Å². The first-order valence-corrected chi connectivity index (χ1v) is 9.41. The summed E-state index contributed by atoms with van der Waals surface area (Å²) in [6, 6.07) is 0. The van der Waals surface area contributed by atoms with Gasteiger partial charge in [-0.1, -0.05) is 59.3 Å². The fourth-order valence-corrected chi connectivity index (χ4v) is 2.23. The van der Waals surface area contributed by atoms with Crippen molar-refractivity contribution in [3.8, 4) is 0 Å². The van der Waals surface area contributed by atoms with Gasteiger partial charge in [-0.3, -0.25) is 9.59 Å². The molecule has 0 aliphatic heterocycles. The number of esters is 2. The average molecular weight is 328 g/mol. The predicted molar refractivity (Wildman–Crippen MR) is 93.2 cm³/mol. The van der Waals surface area contributed by atoms with Crippen LogP contribution in [-0.2, 0) is 19.1 Å². The van der Waals surface area contributed by atoms with E-state index in [4.69, 9.17) is 9.47 Å². The van der Waals surface area contributed by atoms with E-state index in [1.807, 2.05) is 6.92 Å². The predicted octanol–water partition coefficient (Wildman–Crippen LogP) is 5.04. The van der Waals surface area contributed by atoms with Crippen LogP contribution in [0, 0.1) is 5.92 Å². The molecular weight excluding hydrogens is 292 g/mol. The summed E-state index contributed by atoms with van der Waals surface area (Å²) < 4.78 is 10.5. The molecule has 0 rings (SSSR count). The molecule has 0 aromatic heterocycles. The number of ether oxygens (including phenoxy) is 2. The average Bonchev–Trinajstić information content (AvgIpc) is 2.54. The van der Waals surface area contributed by atoms with Crippen molar-refractivity contribution < 1.29 is 19.1 Å². The summed E-state index contributed by atoms with van der Waals surface area (Å²) >= 11 is 0. The molecule has 0 fully saturated rings. The van der Waals surface area contributed by atoms with Gasteiger partial charge in [0.25, 0.3) is 0 Å². The molecule has 1 unspecified atom stereocenters. The van der Waals surface area contributed by atoms with Gasteiger partial charge in [-0.15, -0.1) is 0 Å². The fourth-order valence-electron chi connectivity index (χ4n) is 2.23. The molecule has 0 saturated heterocycles. The van der Waals surface area contributed by atoms with E-state index >= 15 is 0 Å². The topological polar surface area (TPSA) is 52.6 Å². The van der Waals surface area contributed by atoms with Crippen LogP contribution in [0.2, 0.25) is 0 Å². The largest absolute Gasteiger partial charge is 0.466 e. The van der Waals surface area contributed by atoms with Crippen LogP contribution in [0.4, 0.5) is 0 Å². The summed E-state index contributed by atoms with van der Waals surface area (Å²) in [4.78, 5) is 23.1. The highest BCUT2D eigenvalue weighted by Crippen LogP contribution is 2.08. The number of hydrogen-bond donors (Lipinski definition) is 0. The number of rotatable bonds is 15. The van der Waals surface area contributed by atoms with Crippen LogP contribution in [-0.4, -0.2) is 25.2 Å². The van der Waals surface area contributed by atoms with Gasteiger partial charge < -0.3 is 9.47 Å². The molecule has 0 aromatic carbocycles. The summed E-state index contributed by atoms with van der Waals surface area (Å²) in [5.41, 5.74) is 0. The van der Waals surface area contributed by atoms with Gasteiger partial charge in [0.1, 0.15) is 0 Å². The van der Waals surface area contributed by atoms with Crippen molar-refractivity contribution in [1.82, 2.24) is 0 Å². The summed E-state index contributed by atoms with van der Waals surface area (Å²) in [5.74, 6) is 0.00424. The zero-order chi connectivity index (χ0) is 17.3. The minimum Gasteiger partial charge on any atom is -0.466 e. The zero-order valence-corrected chi connectivity index (χ0v) is 15.4. The lowest BCUT2D eigenvalue weighted by Gasteiger charge is -2.12. The zero-order valence-electron chi connectivity index (χ0n) is 15.4. The molecule has 0 amide bonds. The first-order valence-electron chi connectivity index (χ1n) is 9.41. The SMILES string of the molecule is CCCCCCC(=O)OCCC(C)COC(=O)CCCCCC. The second kappa shape index (κ2) is 15.8. The Kier molecular flexibility index (Phi) is 15.1. The van der Waals surface area contributed by atoms with Crippen molar-refractivity contribution in [2.75, 3.05) is 13.2 Å². The third-order valence-corrected chi connectivity index (χ3v) is 3.87. The Balaban J connectivity index is 3.50. The number of carbonyl (C=O) groups excluding carboxylic acids is 2. The van der Waals surface area contributed by atoms with Crippen LogP contribution in [0.25, 0.3) is 0 Å². The van der Waals surface area contributed by atoms with Gasteiger partial charge in [0.05, 0.1) is 13.2 Å². The van der Waals surface area contributed by atoms with Crippen molar-refractivity contribution in [3.05, 3.63) is 0 Å². The summed E-state index contributed by atoms with van der Waals surface area (Å²) in [5, 5.41) is 0. The molecule has 4 nitrogen and oxygen atoms in total. The van der Waals surface area contributed by atoms with Gasteiger partial charge in [-0.05, 0) is 25.2 Å². The van der Waals surface area contributed by atoms with E-state index in [-0.39, 0.29) is 17.9 Å². The van der Waals surface area contributed by atoms with Crippen LogP contribution >= 0.6 is 0 Å². The van der Waals surface area contributed by atoms with Crippen LogP contribution in [0.1, 0.15) is 91.4 Å². The van der Waals surface area contributed by atoms with E-state index in [0.29, 0.717) is 26.1 Å². The summed E-state index contributed by atoms with van der Waals surface area (Å²) in [7, 11) is 0. The van der Waals surface area contributed by atoms with E-state index < -0.39 is 0 Å². The Morgan fingerprint density at radius 3 is 1.83 bits per heavy atom. The van der Waals surface area contributed by atoms with Crippen molar-refractivity contribution in [2.45, 2.75) is 91.4 Å². The van der Waals surface area contributed by atoms with E-state index in [0.717, 1.165) is 32.1 Å². The minimum absolute atomic E-state index is 0.110. The van der Waals surface area contributed by atoms with Crippen molar-refractivity contribution >= 4 is 11.9 Å². The van der Waals surface area contributed by atoms with Crippen molar-refractivity contribution in [1.29, 1.82) is 0 Å². The molecule has 0 bridgehead atoms. The van der Waals surface area contributed by atoms with Gasteiger partial charge in [-0.2, -0.15) is 0 Å². The molecule has 0 aromatic rings. The van der Waals surface area contributed by atoms with E-state index in [1.165, 1.54) is 25.7 Å². The van der Waals surface area contributed by atoms with Crippen LogP contribution in [0.15, 0.2) is 0 Å². The second-order valence-electron chi connectivity index (χ2n) is 6.42. The molecule has 0 N–H and O–H groups in total. The maximum absolute atomic E-state index is 11.6. The highest BCUT2D eigenvalue weighted by atomic mass is 16.5. The lowest BCUT2D eigenvalue weighted by molar-refractivity contribution is -0.147. The van der Waals surface area contributed by atoms with Gasteiger partial charge in [0.15, 0.2) is 0 Å². The molecule has 0 radical (unpaired) electrons. The van der Waals surface area contributed by atoms with E-state index in [1.54, 1.807) is 0 Å². The Morgan fingerprint density at radius 2 is 1.30 bits per heavy atom. The van der Waals surface area contributed by atoms with E-state index in [2.05, 4.69) is 13.8 Å². The van der Waals surface area contributed by atoms with Crippen LogP contribution in [0.3, 0.4) is 0 Å². The number of carbonyl (C=O) groups is 2. The molecule has 0 aliphatic carbocycles. The fraction of sp³-hybridized carbons (Fsp3) is 0.895. The molecule has 4 heteroatoms. The Bertz CT molecular complexity index is 302. The van der Waals surface area contributed by atoms with Crippen molar-refractivity contribution in [3.63, 3.8) is 0 Å². The van der Waals surface area contributed by atoms with Crippen LogP contribution in [0.5, 0.6) is 0 Å². The molecule has 136 valence electrons. The standard InChI is InChI=1S/C19H36O4/c1-4-6-8-10-12-18(20)22-15-14-17(3)16-23-19(21)13-11-9-7-5-2/h17H,4-16H2,1-3H3. The minimum atomic E-state index is -0.110. The molecule has 0 spiro atoms. The first kappa shape index (κ1) is 21.9. The lowest BCUT2D eigenvalue weighted by Crippen LogP contribution is -2.15. The summed E-state index contributed by atoms with van der Waals surface area (Å²) in [6.07, 6.45) is 10.5. The maximum atomic E-state index is 11.6. The highest BCUT2D eigenvalue weighted by Gasteiger charge is 2.09. The third-order valence-electron chi connectivity index (χ3n) is 3.87. The molecule has 1 atom stereocenters. The van der Waals surface area contributed by atoms with E-state index in [9.17, 15) is 9.59 Å². The normalized spacial score (nSPS) is 12.0. The Hall–Kier alpha value is -1.06. The van der Waals surface area contributed by atoms with Gasteiger partial charge in [0, 0.05) is 12.8 Å². The smallest absolute Gasteiger partial charge is 0.305 e. The molecule has 0 heterocycles. The quantitative estimate of drug-likeness (QED) is 0.312. The molecule has 0 saturated carbocycles. The third kappa shape index (κ3) is 15.6. The summed E-state index contributed by atoms with van der Waals surface area (Å²) in [6.45, 7) is 7.15. The van der Waals surface area contributed by atoms with Crippen LogP contribution < -0.4 is 0 Å². The van der Waals surface area contributed by atoms with Gasteiger partial charge in [0.2, 0.25) is 0 Å². The Morgan fingerprint density at radius 1 is 0.783 bits per heavy atom. The maximum Gasteiger partial charge on any atom is 0.305 e. The Labute approximate surface area is 142 Å². The highest BCUT2D eigenvalue weighted by molar-refractivity contribution is 5.69. The molecular formula is C19H36O4.